The van der Waals surface area contributed by atoms with Crippen LogP contribution in [0, 0.1) is 0 Å². The third kappa shape index (κ3) is 2.80. The molecule has 1 aliphatic carbocycles. The van der Waals surface area contributed by atoms with Crippen molar-refractivity contribution in [2.45, 2.75) is 44.2 Å². The van der Waals surface area contributed by atoms with Gasteiger partial charge in [0, 0.05) is 6.42 Å². The molecule has 20 heavy (non-hydrogen) atoms. The Morgan fingerprint density at radius 1 is 1.45 bits per heavy atom. The van der Waals surface area contributed by atoms with Gasteiger partial charge in [0.15, 0.2) is 0 Å². The minimum atomic E-state index is -0.597. The Balaban J connectivity index is 2.08. The van der Waals surface area contributed by atoms with E-state index >= 15 is 0 Å². The Kier molecular flexibility index (Phi) is 4.65. The maximum absolute atomic E-state index is 11.9. The predicted molar refractivity (Wildman–Crippen MR) is 77.9 cm³/mol. The average molecular weight is 277 g/mol. The van der Waals surface area contributed by atoms with E-state index in [1.807, 2.05) is 18.2 Å². The number of para-hydroxylation sites is 1. The van der Waals surface area contributed by atoms with Crippen molar-refractivity contribution in [1.29, 1.82) is 0 Å². The summed E-state index contributed by atoms with van der Waals surface area (Å²) in [5.74, 6) is 0.728. The average Bonchev–Trinajstić information content (AvgIpc) is 2.91. The van der Waals surface area contributed by atoms with Crippen LogP contribution in [0.5, 0.6) is 5.75 Å². The highest BCUT2D eigenvalue weighted by Gasteiger charge is 2.46. The van der Waals surface area contributed by atoms with Crippen molar-refractivity contribution in [2.75, 3.05) is 14.2 Å². The number of esters is 1. The van der Waals surface area contributed by atoms with Crippen molar-refractivity contribution >= 4 is 5.97 Å². The van der Waals surface area contributed by atoms with Crippen LogP contribution in [0.3, 0.4) is 0 Å². The minimum Gasteiger partial charge on any atom is -0.490 e. The molecule has 2 atom stereocenters. The molecule has 0 amide bonds. The zero-order valence-corrected chi connectivity index (χ0v) is 12.4. The number of aryl methyl sites for hydroxylation is 1. The number of methoxy groups -OCH3 is 1. The Hall–Kier alpha value is -1.55. The van der Waals surface area contributed by atoms with Crippen LogP contribution in [0.25, 0.3) is 0 Å². The second-order valence-corrected chi connectivity index (χ2v) is 5.27. The van der Waals surface area contributed by atoms with Crippen molar-refractivity contribution in [3.63, 3.8) is 0 Å². The first-order chi connectivity index (χ1) is 9.65. The predicted octanol–water partition coefficient (Wildman–Crippen LogP) is 2.31. The molecule has 4 heteroatoms. The van der Waals surface area contributed by atoms with Gasteiger partial charge in [0.25, 0.3) is 0 Å². The zero-order chi connectivity index (χ0) is 14.6. The molecule has 0 aromatic heterocycles. The number of rotatable bonds is 5. The first-order valence-electron chi connectivity index (χ1n) is 7.17. The highest BCUT2D eigenvalue weighted by atomic mass is 16.5. The van der Waals surface area contributed by atoms with E-state index in [4.69, 9.17) is 9.47 Å². The standard InChI is InChI=1S/C16H23NO3/c1-4-12-7-5-6-8-14(12)20-13-9-10-16(11-13,17-2)15(18)19-3/h5-8,13,17H,4,9-11H2,1-3H3. The third-order valence-corrected chi connectivity index (χ3v) is 4.17. The summed E-state index contributed by atoms with van der Waals surface area (Å²) in [7, 11) is 3.24. The largest absolute Gasteiger partial charge is 0.490 e. The Morgan fingerprint density at radius 2 is 2.20 bits per heavy atom. The second kappa shape index (κ2) is 6.27. The molecular formula is C16H23NO3. The van der Waals surface area contributed by atoms with Crippen LogP contribution < -0.4 is 10.1 Å². The second-order valence-electron chi connectivity index (χ2n) is 5.27. The van der Waals surface area contributed by atoms with E-state index < -0.39 is 5.54 Å². The van der Waals surface area contributed by atoms with Gasteiger partial charge in [-0.3, -0.25) is 4.79 Å². The molecule has 1 fully saturated rings. The molecule has 0 heterocycles. The summed E-state index contributed by atoms with van der Waals surface area (Å²) in [6.07, 6.45) is 3.24. The number of hydrogen-bond donors (Lipinski definition) is 1. The SMILES string of the molecule is CCc1ccccc1OC1CCC(NC)(C(=O)OC)C1. The molecule has 1 aromatic carbocycles. The van der Waals surface area contributed by atoms with Crippen molar-refractivity contribution in [3.05, 3.63) is 29.8 Å². The molecule has 1 N–H and O–H groups in total. The van der Waals surface area contributed by atoms with Gasteiger partial charge >= 0.3 is 5.97 Å². The summed E-state index contributed by atoms with van der Waals surface area (Å²) in [6.45, 7) is 2.11. The molecule has 0 aliphatic heterocycles. The lowest BCUT2D eigenvalue weighted by Gasteiger charge is -2.25. The summed E-state index contributed by atoms with van der Waals surface area (Å²) in [5.41, 5.74) is 0.605. The van der Waals surface area contributed by atoms with E-state index in [0.717, 1.165) is 25.0 Å². The topological polar surface area (TPSA) is 47.6 Å². The third-order valence-electron chi connectivity index (χ3n) is 4.17. The monoisotopic (exact) mass is 277 g/mol. The molecular weight excluding hydrogens is 254 g/mol. The van der Waals surface area contributed by atoms with Gasteiger partial charge in [-0.2, -0.15) is 0 Å². The van der Waals surface area contributed by atoms with E-state index in [1.54, 1.807) is 7.05 Å². The summed E-state index contributed by atoms with van der Waals surface area (Å²) < 4.78 is 11.0. The number of ether oxygens (including phenoxy) is 2. The lowest BCUT2D eigenvalue weighted by Crippen LogP contribution is -2.49. The Bertz CT molecular complexity index is 475. The van der Waals surface area contributed by atoms with Crippen LogP contribution in [0.1, 0.15) is 31.7 Å². The Labute approximate surface area is 120 Å². The highest BCUT2D eigenvalue weighted by molar-refractivity contribution is 5.81. The van der Waals surface area contributed by atoms with Gasteiger partial charge in [-0.05, 0) is 37.9 Å². The van der Waals surface area contributed by atoms with Gasteiger partial charge in [0.2, 0.25) is 0 Å². The fourth-order valence-electron chi connectivity index (χ4n) is 2.90. The molecule has 1 aromatic rings. The molecule has 0 bridgehead atoms. The first kappa shape index (κ1) is 14.9. The van der Waals surface area contributed by atoms with Gasteiger partial charge in [-0.25, -0.2) is 0 Å². The van der Waals surface area contributed by atoms with Crippen LogP contribution in [0.15, 0.2) is 24.3 Å². The van der Waals surface area contributed by atoms with Crippen LogP contribution in [-0.2, 0) is 16.0 Å². The number of benzene rings is 1. The van der Waals surface area contributed by atoms with Gasteiger partial charge in [-0.15, -0.1) is 0 Å². The van der Waals surface area contributed by atoms with Crippen molar-refractivity contribution in [1.82, 2.24) is 5.32 Å². The molecule has 2 rings (SSSR count). The van der Waals surface area contributed by atoms with Gasteiger partial charge in [0.05, 0.1) is 7.11 Å². The normalized spacial score (nSPS) is 25.4. The maximum Gasteiger partial charge on any atom is 0.326 e. The van der Waals surface area contributed by atoms with Gasteiger partial charge < -0.3 is 14.8 Å². The fourth-order valence-corrected chi connectivity index (χ4v) is 2.90. The van der Waals surface area contributed by atoms with Crippen LogP contribution in [-0.4, -0.2) is 31.8 Å². The summed E-state index contributed by atoms with van der Waals surface area (Å²) >= 11 is 0. The molecule has 0 radical (unpaired) electrons. The molecule has 1 saturated carbocycles. The number of carbonyl (C=O) groups is 1. The van der Waals surface area contributed by atoms with Crippen LogP contribution in [0.4, 0.5) is 0 Å². The molecule has 0 saturated heterocycles. The smallest absolute Gasteiger partial charge is 0.326 e. The van der Waals surface area contributed by atoms with Gasteiger partial charge in [0.1, 0.15) is 17.4 Å². The molecule has 2 unspecified atom stereocenters. The van der Waals surface area contributed by atoms with Crippen molar-refractivity contribution in [3.8, 4) is 5.75 Å². The maximum atomic E-state index is 11.9. The summed E-state index contributed by atoms with van der Waals surface area (Å²) in [4.78, 5) is 11.9. The lowest BCUT2D eigenvalue weighted by molar-refractivity contribution is -0.148. The van der Waals surface area contributed by atoms with Gasteiger partial charge in [-0.1, -0.05) is 25.1 Å². The number of carbonyl (C=O) groups excluding carboxylic acids is 1. The molecule has 110 valence electrons. The quantitative estimate of drug-likeness (QED) is 0.839. The molecule has 4 nitrogen and oxygen atoms in total. The lowest BCUT2D eigenvalue weighted by atomic mass is 9.98. The minimum absolute atomic E-state index is 0.0502. The summed E-state index contributed by atoms with van der Waals surface area (Å²) in [5, 5.41) is 3.12. The van der Waals surface area contributed by atoms with E-state index in [-0.39, 0.29) is 12.1 Å². The molecule has 0 spiro atoms. The zero-order valence-electron chi connectivity index (χ0n) is 12.4. The number of hydrogen-bond acceptors (Lipinski definition) is 4. The first-order valence-corrected chi connectivity index (χ1v) is 7.17. The van der Waals surface area contributed by atoms with E-state index in [0.29, 0.717) is 6.42 Å². The Morgan fingerprint density at radius 3 is 2.85 bits per heavy atom. The van der Waals surface area contributed by atoms with Crippen molar-refractivity contribution < 1.29 is 14.3 Å². The van der Waals surface area contributed by atoms with E-state index in [2.05, 4.69) is 18.3 Å². The van der Waals surface area contributed by atoms with Crippen LogP contribution in [0.2, 0.25) is 0 Å². The van der Waals surface area contributed by atoms with Crippen LogP contribution >= 0.6 is 0 Å². The fraction of sp³-hybridized carbons (Fsp3) is 0.562. The van der Waals surface area contributed by atoms with E-state index in [1.165, 1.54) is 12.7 Å². The van der Waals surface area contributed by atoms with E-state index in [9.17, 15) is 4.79 Å². The number of nitrogens with one attached hydrogen (secondary N) is 1. The molecule has 1 aliphatic rings. The highest BCUT2D eigenvalue weighted by Crippen LogP contribution is 2.34. The number of likely N-dealkylation sites (N-methyl/N-ethyl adjacent to an activating group) is 1. The summed E-state index contributed by atoms with van der Waals surface area (Å²) in [6, 6.07) is 8.08. The van der Waals surface area contributed by atoms with Crippen molar-refractivity contribution in [2.24, 2.45) is 0 Å².